The minimum absolute atomic E-state index is 0.175. The molecule has 0 saturated heterocycles. The second-order valence-electron chi connectivity index (χ2n) is 4.28. The molecule has 2 rings (SSSR count). The fraction of sp³-hybridized carbons (Fsp3) is 0.385. The van der Waals surface area contributed by atoms with E-state index in [0.717, 1.165) is 30.2 Å². The van der Waals surface area contributed by atoms with Crippen molar-refractivity contribution in [3.63, 3.8) is 0 Å². The van der Waals surface area contributed by atoms with Crippen LogP contribution in [0.3, 0.4) is 0 Å². The number of aryl methyl sites for hydroxylation is 2. The molecule has 0 saturated carbocycles. The zero-order chi connectivity index (χ0) is 13.0. The summed E-state index contributed by atoms with van der Waals surface area (Å²) < 4.78 is 2.11. The molecular weight excluding hydrogens is 226 g/mol. The highest BCUT2D eigenvalue weighted by Gasteiger charge is 2.18. The third-order valence-corrected chi connectivity index (χ3v) is 2.84. The molecule has 0 bridgehead atoms. The molecule has 1 unspecified atom stereocenters. The number of pyridine rings is 1. The Morgan fingerprint density at radius 1 is 1.44 bits per heavy atom. The third-order valence-electron chi connectivity index (χ3n) is 2.84. The molecule has 3 N–H and O–H groups in total. The third kappa shape index (κ3) is 2.57. The summed E-state index contributed by atoms with van der Waals surface area (Å²) in [5.74, 6) is 6.57. The van der Waals surface area contributed by atoms with Gasteiger partial charge in [-0.1, -0.05) is 13.0 Å². The van der Waals surface area contributed by atoms with Crippen LogP contribution in [0.4, 0.5) is 0 Å². The lowest BCUT2D eigenvalue weighted by molar-refractivity contribution is 0.536. The molecular formula is C13H19N5. The lowest BCUT2D eigenvalue weighted by Gasteiger charge is -2.17. The van der Waals surface area contributed by atoms with E-state index in [1.165, 1.54) is 0 Å². The maximum absolute atomic E-state index is 5.67. The van der Waals surface area contributed by atoms with E-state index in [9.17, 15) is 0 Å². The zero-order valence-electron chi connectivity index (χ0n) is 10.8. The van der Waals surface area contributed by atoms with E-state index in [-0.39, 0.29) is 6.04 Å². The summed E-state index contributed by atoms with van der Waals surface area (Å²) in [6.07, 6.45) is 4.83. The SMILES string of the molecule is CCCn1ccnc1C(NN)c1cccc(C)n1. The Morgan fingerprint density at radius 3 is 2.94 bits per heavy atom. The van der Waals surface area contributed by atoms with Gasteiger partial charge in [0.2, 0.25) is 0 Å². The van der Waals surface area contributed by atoms with Gasteiger partial charge in [0, 0.05) is 24.6 Å². The van der Waals surface area contributed by atoms with Crippen LogP contribution in [-0.2, 0) is 6.54 Å². The molecule has 1 atom stereocenters. The van der Waals surface area contributed by atoms with Crippen LogP contribution in [0.25, 0.3) is 0 Å². The molecule has 2 aromatic heterocycles. The minimum atomic E-state index is -0.175. The molecule has 5 heteroatoms. The summed E-state index contributed by atoms with van der Waals surface area (Å²) in [6.45, 7) is 5.04. The second kappa shape index (κ2) is 5.75. The summed E-state index contributed by atoms with van der Waals surface area (Å²) >= 11 is 0. The van der Waals surface area contributed by atoms with Crippen LogP contribution in [-0.4, -0.2) is 14.5 Å². The maximum Gasteiger partial charge on any atom is 0.133 e. The highest BCUT2D eigenvalue weighted by atomic mass is 15.3. The lowest BCUT2D eigenvalue weighted by atomic mass is 10.1. The van der Waals surface area contributed by atoms with Gasteiger partial charge in [0.1, 0.15) is 11.9 Å². The predicted molar refractivity (Wildman–Crippen MR) is 70.7 cm³/mol. The quantitative estimate of drug-likeness (QED) is 0.619. The van der Waals surface area contributed by atoms with Crippen LogP contribution in [0.2, 0.25) is 0 Å². The molecule has 0 amide bonds. The first-order valence-electron chi connectivity index (χ1n) is 6.17. The van der Waals surface area contributed by atoms with Crippen molar-refractivity contribution < 1.29 is 0 Å². The molecule has 2 heterocycles. The van der Waals surface area contributed by atoms with Gasteiger partial charge in [0.25, 0.3) is 0 Å². The van der Waals surface area contributed by atoms with E-state index < -0.39 is 0 Å². The zero-order valence-corrected chi connectivity index (χ0v) is 10.8. The fourth-order valence-corrected chi connectivity index (χ4v) is 2.03. The van der Waals surface area contributed by atoms with Gasteiger partial charge in [-0.05, 0) is 25.5 Å². The first-order valence-corrected chi connectivity index (χ1v) is 6.17. The smallest absolute Gasteiger partial charge is 0.133 e. The second-order valence-corrected chi connectivity index (χ2v) is 4.28. The largest absolute Gasteiger partial charge is 0.333 e. The van der Waals surface area contributed by atoms with Crippen molar-refractivity contribution in [2.75, 3.05) is 0 Å². The van der Waals surface area contributed by atoms with Gasteiger partial charge >= 0.3 is 0 Å². The van der Waals surface area contributed by atoms with Crippen molar-refractivity contribution in [2.24, 2.45) is 5.84 Å². The van der Waals surface area contributed by atoms with Crippen LogP contribution < -0.4 is 11.3 Å². The lowest BCUT2D eigenvalue weighted by Crippen LogP contribution is -2.31. The highest BCUT2D eigenvalue weighted by Crippen LogP contribution is 2.18. The van der Waals surface area contributed by atoms with E-state index in [1.54, 1.807) is 6.20 Å². The molecule has 0 radical (unpaired) electrons. The topological polar surface area (TPSA) is 68.8 Å². The average molecular weight is 245 g/mol. The molecule has 2 aromatic rings. The van der Waals surface area contributed by atoms with Crippen molar-refractivity contribution in [2.45, 2.75) is 32.9 Å². The van der Waals surface area contributed by atoms with Crippen molar-refractivity contribution in [3.8, 4) is 0 Å². The van der Waals surface area contributed by atoms with Gasteiger partial charge in [0.05, 0.1) is 5.69 Å². The summed E-state index contributed by atoms with van der Waals surface area (Å²) in [6, 6.07) is 5.74. The maximum atomic E-state index is 5.67. The number of nitrogens with two attached hydrogens (primary N) is 1. The Bertz CT molecular complexity index is 506. The number of imidazole rings is 1. The van der Waals surface area contributed by atoms with Gasteiger partial charge < -0.3 is 4.57 Å². The van der Waals surface area contributed by atoms with E-state index in [1.807, 2.05) is 31.3 Å². The predicted octanol–water partition coefficient (Wildman–Crippen LogP) is 1.55. The Balaban J connectivity index is 2.36. The number of hydrogen-bond acceptors (Lipinski definition) is 4. The monoisotopic (exact) mass is 245 g/mol. The molecule has 0 fully saturated rings. The molecule has 18 heavy (non-hydrogen) atoms. The van der Waals surface area contributed by atoms with Crippen molar-refractivity contribution in [1.82, 2.24) is 20.0 Å². The van der Waals surface area contributed by atoms with Gasteiger partial charge in [-0.15, -0.1) is 0 Å². The molecule has 0 spiro atoms. The average Bonchev–Trinajstić information content (AvgIpc) is 2.79. The fourth-order valence-electron chi connectivity index (χ4n) is 2.03. The van der Waals surface area contributed by atoms with E-state index in [4.69, 9.17) is 5.84 Å². The number of aromatic nitrogens is 3. The molecule has 0 aliphatic carbocycles. The normalized spacial score (nSPS) is 12.6. The standard InChI is InChI=1S/C13H19N5/c1-3-8-18-9-7-15-13(18)12(17-14)11-6-4-5-10(2)16-11/h4-7,9,12,17H,3,8,14H2,1-2H3. The van der Waals surface area contributed by atoms with Crippen molar-refractivity contribution in [1.29, 1.82) is 0 Å². The van der Waals surface area contributed by atoms with Crippen LogP contribution in [0.1, 0.15) is 36.6 Å². The number of hydrazine groups is 1. The first-order chi connectivity index (χ1) is 8.76. The molecule has 0 aliphatic heterocycles. The minimum Gasteiger partial charge on any atom is -0.333 e. The Hall–Kier alpha value is -1.72. The summed E-state index contributed by atoms with van der Waals surface area (Å²) in [5.41, 5.74) is 4.66. The van der Waals surface area contributed by atoms with Gasteiger partial charge in [-0.25, -0.2) is 10.4 Å². The van der Waals surface area contributed by atoms with Crippen molar-refractivity contribution in [3.05, 3.63) is 47.8 Å². The number of rotatable bonds is 5. The van der Waals surface area contributed by atoms with Gasteiger partial charge in [0.15, 0.2) is 0 Å². The van der Waals surface area contributed by atoms with Crippen LogP contribution in [0.5, 0.6) is 0 Å². The van der Waals surface area contributed by atoms with Gasteiger partial charge in [-0.3, -0.25) is 10.8 Å². The van der Waals surface area contributed by atoms with Gasteiger partial charge in [-0.2, -0.15) is 0 Å². The van der Waals surface area contributed by atoms with Crippen LogP contribution >= 0.6 is 0 Å². The molecule has 0 aromatic carbocycles. The Labute approximate surface area is 107 Å². The number of nitrogens with zero attached hydrogens (tertiary/aromatic N) is 3. The molecule has 0 aliphatic rings. The highest BCUT2D eigenvalue weighted by molar-refractivity contribution is 5.20. The van der Waals surface area contributed by atoms with E-state index in [2.05, 4.69) is 26.9 Å². The number of nitrogens with one attached hydrogen (secondary N) is 1. The Kier molecular flexibility index (Phi) is 4.07. The van der Waals surface area contributed by atoms with E-state index >= 15 is 0 Å². The van der Waals surface area contributed by atoms with Crippen LogP contribution in [0.15, 0.2) is 30.6 Å². The molecule has 5 nitrogen and oxygen atoms in total. The van der Waals surface area contributed by atoms with Crippen LogP contribution in [0, 0.1) is 6.92 Å². The molecule has 96 valence electrons. The number of hydrogen-bond donors (Lipinski definition) is 2. The first kappa shape index (κ1) is 12.7. The summed E-state index contributed by atoms with van der Waals surface area (Å²) in [5, 5.41) is 0. The Morgan fingerprint density at radius 2 is 2.28 bits per heavy atom. The summed E-state index contributed by atoms with van der Waals surface area (Å²) in [7, 11) is 0. The summed E-state index contributed by atoms with van der Waals surface area (Å²) in [4.78, 5) is 8.90. The van der Waals surface area contributed by atoms with Crippen molar-refractivity contribution >= 4 is 0 Å². The van der Waals surface area contributed by atoms with E-state index in [0.29, 0.717) is 0 Å².